The van der Waals surface area contributed by atoms with Gasteiger partial charge in [0.2, 0.25) is 0 Å². The minimum atomic E-state index is -1.06. The lowest BCUT2D eigenvalue weighted by atomic mass is 9.90. The highest BCUT2D eigenvalue weighted by Gasteiger charge is 2.49. The average molecular weight is 262 g/mol. The molecule has 0 spiro atoms. The Kier molecular flexibility index (Phi) is 2.41. The number of rotatable bonds is 2. The summed E-state index contributed by atoms with van der Waals surface area (Å²) in [7, 11) is 0. The van der Waals surface area contributed by atoms with Crippen molar-refractivity contribution in [2.75, 3.05) is 6.54 Å². The minimum Gasteiger partial charge on any atom is -0.480 e. The molecule has 19 heavy (non-hydrogen) atoms. The van der Waals surface area contributed by atoms with Gasteiger partial charge in [-0.2, -0.15) is 0 Å². The van der Waals surface area contributed by atoms with Crippen LogP contribution in [-0.4, -0.2) is 34.3 Å². The lowest BCUT2D eigenvalue weighted by molar-refractivity contribution is -0.145. The normalized spacial score (nSPS) is 28.2. The van der Waals surface area contributed by atoms with Gasteiger partial charge in [-0.15, -0.1) is 0 Å². The van der Waals surface area contributed by atoms with Gasteiger partial charge in [-0.05, 0) is 13.0 Å². The van der Waals surface area contributed by atoms with Gasteiger partial charge in [-0.3, -0.25) is 9.69 Å². The Labute approximate surface area is 110 Å². The molecule has 2 amide bonds. The first-order valence-electron chi connectivity index (χ1n) is 6.07. The van der Waals surface area contributed by atoms with E-state index in [-0.39, 0.29) is 12.6 Å². The van der Waals surface area contributed by atoms with E-state index in [9.17, 15) is 9.59 Å². The van der Waals surface area contributed by atoms with Crippen molar-refractivity contribution in [3.05, 3.63) is 29.8 Å². The molecule has 2 aliphatic heterocycles. The van der Waals surface area contributed by atoms with Crippen LogP contribution >= 0.6 is 0 Å². The van der Waals surface area contributed by atoms with Crippen molar-refractivity contribution in [3.8, 4) is 5.75 Å². The number of ether oxygens (including phenoxy) is 1. The van der Waals surface area contributed by atoms with Crippen LogP contribution < -0.4 is 10.1 Å². The molecule has 2 unspecified atom stereocenters. The van der Waals surface area contributed by atoms with Crippen LogP contribution in [0, 0.1) is 0 Å². The maximum absolute atomic E-state index is 12.0. The minimum absolute atomic E-state index is 0.132. The van der Waals surface area contributed by atoms with Gasteiger partial charge in [0, 0.05) is 12.0 Å². The SMILES string of the molecule is CC12CC(NC(=O)N1CC(=O)O)c1ccccc1O2. The number of carbonyl (C=O) groups excluding carboxylic acids is 1. The van der Waals surface area contributed by atoms with Crippen LogP contribution in [0.4, 0.5) is 4.79 Å². The van der Waals surface area contributed by atoms with E-state index in [4.69, 9.17) is 9.84 Å². The van der Waals surface area contributed by atoms with Crippen LogP contribution in [-0.2, 0) is 4.79 Å². The summed E-state index contributed by atoms with van der Waals surface area (Å²) in [6.07, 6.45) is 0.531. The van der Waals surface area contributed by atoms with Crippen molar-refractivity contribution in [1.82, 2.24) is 10.2 Å². The number of benzene rings is 1. The number of hydrogen-bond acceptors (Lipinski definition) is 3. The molecule has 2 heterocycles. The number of nitrogens with zero attached hydrogens (tertiary/aromatic N) is 1. The molecule has 1 aromatic carbocycles. The van der Waals surface area contributed by atoms with Crippen molar-refractivity contribution < 1.29 is 19.4 Å². The van der Waals surface area contributed by atoms with E-state index < -0.39 is 17.7 Å². The molecule has 2 N–H and O–H groups in total. The van der Waals surface area contributed by atoms with Gasteiger partial charge in [-0.1, -0.05) is 18.2 Å². The molecule has 0 aliphatic carbocycles. The molecule has 0 aromatic heterocycles. The zero-order chi connectivity index (χ0) is 13.6. The lowest BCUT2D eigenvalue weighted by Gasteiger charge is -2.50. The Morgan fingerprint density at radius 3 is 3.05 bits per heavy atom. The van der Waals surface area contributed by atoms with Crippen molar-refractivity contribution in [2.24, 2.45) is 0 Å². The summed E-state index contributed by atoms with van der Waals surface area (Å²) in [6, 6.07) is 6.94. The van der Waals surface area contributed by atoms with Crippen LogP contribution in [0.15, 0.2) is 24.3 Å². The van der Waals surface area contributed by atoms with Crippen molar-refractivity contribution in [3.63, 3.8) is 0 Å². The number of carboxylic acids is 1. The first-order valence-corrected chi connectivity index (χ1v) is 6.07. The van der Waals surface area contributed by atoms with E-state index in [0.717, 1.165) is 5.56 Å². The van der Waals surface area contributed by atoms with E-state index in [1.807, 2.05) is 24.3 Å². The van der Waals surface area contributed by atoms with E-state index in [1.54, 1.807) is 6.92 Å². The first kappa shape index (κ1) is 11.8. The highest BCUT2D eigenvalue weighted by Crippen LogP contribution is 2.43. The first-order chi connectivity index (χ1) is 8.99. The van der Waals surface area contributed by atoms with Crippen molar-refractivity contribution >= 4 is 12.0 Å². The highest BCUT2D eigenvalue weighted by molar-refractivity contribution is 5.82. The Morgan fingerprint density at radius 1 is 1.58 bits per heavy atom. The zero-order valence-electron chi connectivity index (χ0n) is 10.4. The van der Waals surface area contributed by atoms with Gasteiger partial charge in [0.15, 0.2) is 5.72 Å². The number of fused-ring (bicyclic) bond motifs is 4. The quantitative estimate of drug-likeness (QED) is 0.843. The summed E-state index contributed by atoms with van der Waals surface area (Å²) in [5.41, 5.74) is 0.0167. The molecule has 6 heteroatoms. The number of carboxylic acid groups (broad SMARTS) is 1. The number of aliphatic carboxylic acids is 1. The summed E-state index contributed by atoms with van der Waals surface area (Å²) >= 11 is 0. The highest BCUT2D eigenvalue weighted by atomic mass is 16.5. The largest absolute Gasteiger partial charge is 0.480 e. The van der Waals surface area contributed by atoms with Crippen LogP contribution in [0.2, 0.25) is 0 Å². The second kappa shape index (κ2) is 3.88. The molecule has 3 rings (SSSR count). The second-order valence-corrected chi connectivity index (χ2v) is 5.00. The van der Waals surface area contributed by atoms with Crippen LogP contribution in [0.1, 0.15) is 24.9 Å². The third-order valence-electron chi connectivity index (χ3n) is 3.61. The Morgan fingerprint density at radius 2 is 2.32 bits per heavy atom. The molecule has 1 fully saturated rings. The number of carbonyl (C=O) groups is 2. The maximum Gasteiger partial charge on any atom is 0.323 e. The monoisotopic (exact) mass is 262 g/mol. The Bertz CT molecular complexity index is 559. The van der Waals surface area contributed by atoms with Crippen molar-refractivity contribution in [1.29, 1.82) is 0 Å². The van der Waals surface area contributed by atoms with E-state index in [1.165, 1.54) is 4.90 Å². The number of para-hydroxylation sites is 1. The van der Waals surface area contributed by atoms with Gasteiger partial charge in [0.05, 0.1) is 6.04 Å². The number of hydrogen-bond donors (Lipinski definition) is 2. The molecule has 100 valence electrons. The van der Waals surface area contributed by atoms with Crippen LogP contribution in [0.3, 0.4) is 0 Å². The molecular weight excluding hydrogens is 248 g/mol. The molecule has 1 aromatic rings. The standard InChI is InChI=1S/C13H14N2O4/c1-13-6-9(8-4-2-3-5-10(8)19-13)14-12(18)15(13)7-11(16)17/h2-5,9H,6-7H2,1H3,(H,14,18)(H,16,17). The van der Waals surface area contributed by atoms with Crippen LogP contribution in [0.5, 0.6) is 5.75 Å². The average Bonchev–Trinajstić information content (AvgIpc) is 2.34. The van der Waals surface area contributed by atoms with Crippen LogP contribution in [0.25, 0.3) is 0 Å². The maximum atomic E-state index is 12.0. The topological polar surface area (TPSA) is 78.9 Å². The summed E-state index contributed by atoms with van der Waals surface area (Å²) in [5, 5.41) is 11.7. The molecular formula is C13H14N2O4. The van der Waals surface area contributed by atoms with E-state index in [2.05, 4.69) is 5.32 Å². The fraction of sp³-hybridized carbons (Fsp3) is 0.385. The van der Waals surface area contributed by atoms with Gasteiger partial charge in [0.25, 0.3) is 0 Å². The van der Waals surface area contributed by atoms with Gasteiger partial charge >= 0.3 is 12.0 Å². The number of urea groups is 1. The number of amides is 2. The summed E-state index contributed by atoms with van der Waals surface area (Å²) < 4.78 is 5.88. The van der Waals surface area contributed by atoms with Gasteiger partial charge in [-0.25, -0.2) is 4.79 Å². The molecule has 0 radical (unpaired) electrons. The molecule has 1 saturated heterocycles. The van der Waals surface area contributed by atoms with E-state index in [0.29, 0.717) is 12.2 Å². The van der Waals surface area contributed by atoms with Gasteiger partial charge < -0.3 is 15.2 Å². The Balaban J connectivity index is 2.01. The zero-order valence-corrected chi connectivity index (χ0v) is 10.4. The summed E-state index contributed by atoms with van der Waals surface area (Å²) in [5.74, 6) is -0.367. The molecule has 2 aliphatic rings. The summed E-state index contributed by atoms with van der Waals surface area (Å²) in [4.78, 5) is 24.1. The second-order valence-electron chi connectivity index (χ2n) is 5.00. The van der Waals surface area contributed by atoms with Gasteiger partial charge in [0.1, 0.15) is 12.3 Å². The molecule has 2 bridgehead atoms. The predicted octanol–water partition coefficient (Wildman–Crippen LogP) is 1.34. The third-order valence-corrected chi connectivity index (χ3v) is 3.61. The predicted molar refractivity (Wildman–Crippen MR) is 65.7 cm³/mol. The van der Waals surface area contributed by atoms with E-state index >= 15 is 0 Å². The van der Waals surface area contributed by atoms with Crippen molar-refractivity contribution in [2.45, 2.75) is 25.1 Å². The summed E-state index contributed by atoms with van der Waals surface area (Å²) in [6.45, 7) is 1.37. The number of nitrogens with one attached hydrogen (secondary N) is 1. The molecule has 2 atom stereocenters. The fourth-order valence-electron chi connectivity index (χ4n) is 2.74. The smallest absolute Gasteiger partial charge is 0.323 e. The molecule has 0 saturated carbocycles. The molecule has 6 nitrogen and oxygen atoms in total. The fourth-order valence-corrected chi connectivity index (χ4v) is 2.74. The lowest BCUT2D eigenvalue weighted by Crippen LogP contribution is -2.65. The Hall–Kier alpha value is -2.24. The third kappa shape index (κ3) is 1.80.